The van der Waals surface area contributed by atoms with Gasteiger partial charge in [-0.3, -0.25) is 9.48 Å². The van der Waals surface area contributed by atoms with Gasteiger partial charge in [0.15, 0.2) is 0 Å². The number of carboxylic acids is 1. The molecule has 1 rings (SSSR count). The van der Waals surface area contributed by atoms with Gasteiger partial charge in [0.05, 0.1) is 11.6 Å². The normalized spacial score (nSPS) is 12.9. The Morgan fingerprint density at radius 3 is 2.50 bits per heavy atom. The molecular weight excluding hydrogens is 180 g/mol. The number of carboxylic acid groups (broad SMARTS) is 1. The highest BCUT2D eigenvalue weighted by atomic mass is 16.4. The summed E-state index contributed by atoms with van der Waals surface area (Å²) in [7, 11) is 1.87. The Balaban J connectivity index is 2.91. The lowest BCUT2D eigenvalue weighted by Crippen LogP contribution is -2.13. The molecule has 4 heteroatoms. The topological polar surface area (TPSA) is 55.1 Å². The van der Waals surface area contributed by atoms with E-state index < -0.39 is 5.97 Å². The molecule has 0 saturated carbocycles. The molecule has 1 aromatic heterocycles. The fourth-order valence-electron chi connectivity index (χ4n) is 1.51. The number of nitrogens with zero attached hydrogens (tertiary/aromatic N) is 2. The molecule has 0 fully saturated rings. The highest BCUT2D eigenvalue weighted by molar-refractivity contribution is 5.70. The van der Waals surface area contributed by atoms with Crippen LogP contribution >= 0.6 is 0 Å². The van der Waals surface area contributed by atoms with Crippen LogP contribution in [0, 0.1) is 19.8 Å². The van der Waals surface area contributed by atoms with Crippen LogP contribution in [0.1, 0.15) is 23.9 Å². The lowest BCUT2D eigenvalue weighted by atomic mass is 10.00. The van der Waals surface area contributed by atoms with Gasteiger partial charge in [-0.1, -0.05) is 6.92 Å². The summed E-state index contributed by atoms with van der Waals surface area (Å²) in [6, 6.07) is 0. The zero-order valence-electron chi connectivity index (χ0n) is 9.03. The number of hydrogen-bond donors (Lipinski definition) is 1. The number of carbonyl (C=O) groups is 1. The number of aryl methyl sites for hydroxylation is 2. The molecule has 1 N–H and O–H groups in total. The van der Waals surface area contributed by atoms with Gasteiger partial charge in [0, 0.05) is 12.7 Å². The molecule has 14 heavy (non-hydrogen) atoms. The van der Waals surface area contributed by atoms with Crippen LogP contribution in [0.5, 0.6) is 0 Å². The summed E-state index contributed by atoms with van der Waals surface area (Å²) in [4.78, 5) is 10.7. The van der Waals surface area contributed by atoms with E-state index in [1.54, 1.807) is 11.6 Å². The quantitative estimate of drug-likeness (QED) is 0.792. The van der Waals surface area contributed by atoms with Gasteiger partial charge in [-0.15, -0.1) is 0 Å². The molecule has 1 aromatic rings. The Morgan fingerprint density at radius 1 is 1.57 bits per heavy atom. The van der Waals surface area contributed by atoms with E-state index in [1.165, 1.54) is 0 Å². The Labute approximate surface area is 83.5 Å². The first-order valence-electron chi connectivity index (χ1n) is 4.65. The summed E-state index contributed by atoms with van der Waals surface area (Å²) in [6.07, 6.45) is 0.556. The van der Waals surface area contributed by atoms with Gasteiger partial charge in [-0.2, -0.15) is 5.10 Å². The van der Waals surface area contributed by atoms with Gasteiger partial charge in [0.1, 0.15) is 0 Å². The first-order valence-corrected chi connectivity index (χ1v) is 4.65. The molecule has 0 aliphatic rings. The Bertz CT molecular complexity index is 355. The van der Waals surface area contributed by atoms with E-state index in [0.29, 0.717) is 6.42 Å². The van der Waals surface area contributed by atoms with Gasteiger partial charge in [-0.05, 0) is 25.8 Å². The molecule has 0 amide bonds. The molecule has 78 valence electrons. The monoisotopic (exact) mass is 196 g/mol. The van der Waals surface area contributed by atoms with Gasteiger partial charge in [0.25, 0.3) is 0 Å². The molecule has 0 unspecified atom stereocenters. The van der Waals surface area contributed by atoms with E-state index in [-0.39, 0.29) is 5.92 Å². The number of rotatable bonds is 3. The predicted molar refractivity (Wildman–Crippen MR) is 53.2 cm³/mol. The lowest BCUT2D eigenvalue weighted by molar-refractivity contribution is -0.141. The van der Waals surface area contributed by atoms with Gasteiger partial charge < -0.3 is 5.11 Å². The van der Waals surface area contributed by atoms with Crippen molar-refractivity contribution in [1.29, 1.82) is 0 Å². The van der Waals surface area contributed by atoms with E-state index in [9.17, 15) is 4.79 Å². The smallest absolute Gasteiger partial charge is 0.306 e. The number of aromatic nitrogens is 2. The van der Waals surface area contributed by atoms with Gasteiger partial charge >= 0.3 is 5.97 Å². The minimum Gasteiger partial charge on any atom is -0.481 e. The van der Waals surface area contributed by atoms with Crippen LogP contribution in [0.25, 0.3) is 0 Å². The Kier molecular flexibility index (Phi) is 2.93. The second-order valence-electron chi connectivity index (χ2n) is 3.72. The molecule has 1 heterocycles. The van der Waals surface area contributed by atoms with Crippen LogP contribution in [-0.4, -0.2) is 20.9 Å². The van der Waals surface area contributed by atoms with Crippen LogP contribution in [0.15, 0.2) is 0 Å². The second kappa shape index (κ2) is 3.82. The van der Waals surface area contributed by atoms with Crippen molar-refractivity contribution < 1.29 is 9.90 Å². The molecule has 0 spiro atoms. The van der Waals surface area contributed by atoms with Crippen LogP contribution in [0.2, 0.25) is 0 Å². The average molecular weight is 196 g/mol. The largest absolute Gasteiger partial charge is 0.481 e. The first-order chi connectivity index (χ1) is 6.43. The lowest BCUT2D eigenvalue weighted by Gasteiger charge is -2.06. The van der Waals surface area contributed by atoms with E-state index in [4.69, 9.17) is 5.11 Å². The maximum absolute atomic E-state index is 10.7. The summed E-state index contributed by atoms with van der Waals surface area (Å²) in [5.74, 6) is -1.11. The number of aliphatic carboxylic acids is 1. The minimum atomic E-state index is -0.757. The summed E-state index contributed by atoms with van der Waals surface area (Å²) in [6.45, 7) is 5.59. The third-order valence-electron chi connectivity index (χ3n) is 2.59. The fraction of sp³-hybridized carbons (Fsp3) is 0.600. The summed E-state index contributed by atoms with van der Waals surface area (Å²) < 4.78 is 1.79. The van der Waals surface area contributed by atoms with Crippen molar-refractivity contribution >= 4 is 5.97 Å². The predicted octanol–water partition coefficient (Wildman–Crippen LogP) is 1.30. The van der Waals surface area contributed by atoms with Crippen molar-refractivity contribution in [3.63, 3.8) is 0 Å². The van der Waals surface area contributed by atoms with Crippen LogP contribution < -0.4 is 0 Å². The molecule has 4 nitrogen and oxygen atoms in total. The SMILES string of the molecule is Cc1nn(C)c(C)c1C[C@H](C)C(=O)O. The third-order valence-corrected chi connectivity index (χ3v) is 2.59. The Hall–Kier alpha value is -1.32. The molecule has 0 aliphatic heterocycles. The summed E-state index contributed by atoms with van der Waals surface area (Å²) in [5, 5.41) is 13.1. The highest BCUT2D eigenvalue weighted by Gasteiger charge is 2.17. The van der Waals surface area contributed by atoms with Crippen molar-refractivity contribution in [1.82, 2.24) is 9.78 Å². The van der Waals surface area contributed by atoms with E-state index in [2.05, 4.69) is 5.10 Å². The van der Waals surface area contributed by atoms with Gasteiger partial charge in [0.2, 0.25) is 0 Å². The van der Waals surface area contributed by atoms with Crippen LogP contribution in [-0.2, 0) is 18.3 Å². The zero-order valence-corrected chi connectivity index (χ0v) is 9.03. The highest BCUT2D eigenvalue weighted by Crippen LogP contribution is 2.16. The van der Waals surface area contributed by atoms with Crippen LogP contribution in [0.4, 0.5) is 0 Å². The standard InChI is InChI=1S/C10H16N2O2/c1-6(10(13)14)5-9-7(2)11-12(4)8(9)3/h6H,5H2,1-4H3,(H,13,14)/t6-/m0/s1. The van der Waals surface area contributed by atoms with Crippen molar-refractivity contribution in [3.05, 3.63) is 17.0 Å². The fourth-order valence-corrected chi connectivity index (χ4v) is 1.51. The van der Waals surface area contributed by atoms with E-state index in [1.807, 2.05) is 20.9 Å². The molecule has 0 bridgehead atoms. The van der Waals surface area contributed by atoms with Crippen molar-refractivity contribution in [2.24, 2.45) is 13.0 Å². The molecule has 0 radical (unpaired) electrons. The Morgan fingerprint density at radius 2 is 2.14 bits per heavy atom. The average Bonchev–Trinajstić information content (AvgIpc) is 2.32. The van der Waals surface area contributed by atoms with E-state index in [0.717, 1.165) is 17.0 Å². The van der Waals surface area contributed by atoms with Crippen molar-refractivity contribution in [2.75, 3.05) is 0 Å². The number of hydrogen-bond acceptors (Lipinski definition) is 2. The van der Waals surface area contributed by atoms with Crippen molar-refractivity contribution in [2.45, 2.75) is 27.2 Å². The first kappa shape index (κ1) is 10.8. The minimum absolute atomic E-state index is 0.350. The van der Waals surface area contributed by atoms with Crippen LogP contribution in [0.3, 0.4) is 0 Å². The summed E-state index contributed by atoms with van der Waals surface area (Å²) in [5.41, 5.74) is 3.04. The molecular formula is C10H16N2O2. The molecule has 0 saturated heterocycles. The summed E-state index contributed by atoms with van der Waals surface area (Å²) >= 11 is 0. The maximum atomic E-state index is 10.7. The van der Waals surface area contributed by atoms with E-state index >= 15 is 0 Å². The third kappa shape index (κ3) is 1.95. The molecule has 0 aliphatic carbocycles. The van der Waals surface area contributed by atoms with Gasteiger partial charge in [-0.25, -0.2) is 0 Å². The zero-order chi connectivity index (χ0) is 10.9. The maximum Gasteiger partial charge on any atom is 0.306 e. The van der Waals surface area contributed by atoms with Crippen molar-refractivity contribution in [3.8, 4) is 0 Å². The second-order valence-corrected chi connectivity index (χ2v) is 3.72. The molecule has 1 atom stereocenters. The molecule has 0 aromatic carbocycles.